The Balaban J connectivity index is 2.93. The van der Waals surface area contributed by atoms with E-state index in [2.05, 4.69) is 0 Å². The number of halogens is 3. The van der Waals surface area contributed by atoms with Crippen LogP contribution in [0.25, 0.3) is 0 Å². The number of nitrogens with zero attached hydrogens (tertiary/aromatic N) is 1. The largest absolute Gasteiger partial charge is 0.504 e. The number of aliphatic hydroxyl groups is 1. The molecule has 5 nitrogen and oxygen atoms in total. The number of benzene rings is 1. The molecular weight excluding hydrogens is 289 g/mol. The van der Waals surface area contributed by atoms with Crippen LogP contribution in [0.15, 0.2) is 36.1 Å². The molecule has 21 heavy (non-hydrogen) atoms. The lowest BCUT2D eigenvalue weighted by molar-refractivity contribution is -0.120. The van der Waals surface area contributed by atoms with Gasteiger partial charge in [-0.25, -0.2) is 5.06 Å². The van der Waals surface area contributed by atoms with Crippen LogP contribution in [-0.2, 0) is 4.84 Å². The number of rotatable bonds is 4. The molecule has 0 atom stereocenters. The van der Waals surface area contributed by atoms with Crippen LogP contribution in [0, 0.1) is 5.41 Å². The Morgan fingerprint density at radius 3 is 2.19 bits per heavy atom. The van der Waals surface area contributed by atoms with Gasteiger partial charge in [0.15, 0.2) is 5.76 Å². The lowest BCUT2D eigenvalue weighted by atomic mass is 10.1. The van der Waals surface area contributed by atoms with Crippen LogP contribution < -0.4 is 0 Å². The van der Waals surface area contributed by atoms with E-state index in [1.165, 1.54) is 38.4 Å². The van der Waals surface area contributed by atoms with E-state index < -0.39 is 23.6 Å². The van der Waals surface area contributed by atoms with Crippen molar-refractivity contribution in [3.63, 3.8) is 0 Å². The average Bonchev–Trinajstić information content (AvgIpc) is 2.44. The molecule has 0 spiro atoms. The summed E-state index contributed by atoms with van der Waals surface area (Å²) in [6, 6.07) is 5.30. The highest BCUT2D eigenvalue weighted by atomic mass is 19.4. The summed E-state index contributed by atoms with van der Waals surface area (Å²) in [4.78, 5) is 16.4. The van der Waals surface area contributed by atoms with E-state index in [9.17, 15) is 18.0 Å². The quantitative estimate of drug-likeness (QED) is 0.510. The SMILES string of the molecule is CON(C)C(=O)c1ccc(C(=N)/C=C(\O)C(F)(F)F)cc1. The Morgan fingerprint density at radius 1 is 1.29 bits per heavy atom. The minimum atomic E-state index is -4.90. The zero-order valence-electron chi connectivity index (χ0n) is 11.2. The third-order valence-corrected chi connectivity index (χ3v) is 2.57. The predicted molar refractivity (Wildman–Crippen MR) is 69.1 cm³/mol. The van der Waals surface area contributed by atoms with Crippen LogP contribution >= 0.6 is 0 Å². The van der Waals surface area contributed by atoms with Gasteiger partial charge in [-0.05, 0) is 17.7 Å². The first-order valence-corrected chi connectivity index (χ1v) is 5.66. The molecule has 0 saturated carbocycles. The highest BCUT2D eigenvalue weighted by molar-refractivity contribution is 6.07. The van der Waals surface area contributed by atoms with Gasteiger partial charge in [0, 0.05) is 18.7 Å². The Morgan fingerprint density at radius 2 is 1.76 bits per heavy atom. The number of nitrogens with one attached hydrogen (secondary N) is 1. The van der Waals surface area contributed by atoms with Crippen LogP contribution in [0.2, 0.25) is 0 Å². The lowest BCUT2D eigenvalue weighted by Crippen LogP contribution is -2.25. The van der Waals surface area contributed by atoms with E-state index in [1.54, 1.807) is 0 Å². The first-order chi connectivity index (χ1) is 9.66. The van der Waals surface area contributed by atoms with Gasteiger partial charge in [-0.2, -0.15) is 13.2 Å². The average molecular weight is 302 g/mol. The van der Waals surface area contributed by atoms with Crippen LogP contribution in [0.4, 0.5) is 13.2 Å². The Labute approximate surface area is 118 Å². The van der Waals surface area contributed by atoms with Gasteiger partial charge in [-0.15, -0.1) is 0 Å². The van der Waals surface area contributed by atoms with Gasteiger partial charge < -0.3 is 10.5 Å². The molecule has 0 fully saturated rings. The molecule has 1 rings (SSSR count). The molecule has 0 aromatic heterocycles. The molecule has 0 bridgehead atoms. The van der Waals surface area contributed by atoms with Crippen molar-refractivity contribution in [2.24, 2.45) is 0 Å². The van der Waals surface area contributed by atoms with Gasteiger partial charge in [-0.1, -0.05) is 12.1 Å². The number of hydroxylamine groups is 2. The maximum absolute atomic E-state index is 12.1. The molecule has 0 radical (unpaired) electrons. The molecule has 8 heteroatoms. The number of amides is 1. The zero-order chi connectivity index (χ0) is 16.2. The van der Waals surface area contributed by atoms with Crippen molar-refractivity contribution in [1.29, 1.82) is 5.41 Å². The molecule has 0 aliphatic heterocycles. The highest BCUT2D eigenvalue weighted by Crippen LogP contribution is 2.23. The summed E-state index contributed by atoms with van der Waals surface area (Å²) < 4.78 is 36.4. The van der Waals surface area contributed by atoms with Gasteiger partial charge in [0.25, 0.3) is 5.91 Å². The summed E-state index contributed by atoms with van der Waals surface area (Å²) in [5.41, 5.74) is -0.147. The second-order valence-electron chi connectivity index (χ2n) is 4.00. The fourth-order valence-electron chi connectivity index (χ4n) is 1.36. The standard InChI is InChI=1S/C13H13F3N2O3/c1-18(21-2)12(20)9-5-3-8(4-6-9)10(17)7-11(19)13(14,15)16/h3-7,17,19H,1-2H3/b11-7-,17-10?. The Hall–Kier alpha value is -2.35. The van der Waals surface area contributed by atoms with Gasteiger partial charge in [-0.3, -0.25) is 9.63 Å². The summed E-state index contributed by atoms with van der Waals surface area (Å²) in [6.45, 7) is 0. The van der Waals surface area contributed by atoms with Crippen molar-refractivity contribution in [2.75, 3.05) is 14.2 Å². The summed E-state index contributed by atoms with van der Waals surface area (Å²) >= 11 is 0. The second-order valence-corrected chi connectivity index (χ2v) is 4.00. The van der Waals surface area contributed by atoms with Crippen molar-refractivity contribution >= 4 is 11.6 Å². The number of carbonyl (C=O) groups is 1. The third-order valence-electron chi connectivity index (χ3n) is 2.57. The molecule has 1 aromatic carbocycles. The van der Waals surface area contributed by atoms with E-state index in [-0.39, 0.29) is 11.1 Å². The van der Waals surface area contributed by atoms with Crippen molar-refractivity contribution in [3.05, 3.63) is 47.2 Å². The third kappa shape index (κ3) is 4.32. The Bertz CT molecular complexity index is 565. The van der Waals surface area contributed by atoms with Crippen LogP contribution in [-0.4, -0.2) is 42.1 Å². The van der Waals surface area contributed by atoms with Crippen molar-refractivity contribution in [3.8, 4) is 0 Å². The fourth-order valence-corrected chi connectivity index (χ4v) is 1.36. The monoisotopic (exact) mass is 302 g/mol. The molecule has 114 valence electrons. The van der Waals surface area contributed by atoms with E-state index in [4.69, 9.17) is 15.4 Å². The second kappa shape index (κ2) is 6.40. The molecule has 0 saturated heterocycles. The molecule has 1 amide bonds. The first-order valence-electron chi connectivity index (χ1n) is 5.66. The number of allylic oxidation sites excluding steroid dienone is 2. The van der Waals surface area contributed by atoms with Gasteiger partial charge >= 0.3 is 6.18 Å². The fraction of sp³-hybridized carbons (Fsp3) is 0.231. The topological polar surface area (TPSA) is 73.6 Å². The van der Waals surface area contributed by atoms with Crippen molar-refractivity contribution in [2.45, 2.75) is 6.18 Å². The predicted octanol–water partition coefficient (Wildman–Crippen LogP) is 2.69. The minimum absolute atomic E-state index is 0.127. The van der Waals surface area contributed by atoms with Crippen LogP contribution in [0.3, 0.4) is 0 Å². The molecule has 0 aliphatic carbocycles. The van der Waals surface area contributed by atoms with E-state index in [1.807, 2.05) is 0 Å². The summed E-state index contributed by atoms with van der Waals surface area (Å²) in [5.74, 6) is -2.30. The summed E-state index contributed by atoms with van der Waals surface area (Å²) in [5, 5.41) is 17.2. The maximum Gasteiger partial charge on any atom is 0.448 e. The highest BCUT2D eigenvalue weighted by Gasteiger charge is 2.34. The van der Waals surface area contributed by atoms with Crippen molar-refractivity contribution < 1.29 is 27.9 Å². The van der Waals surface area contributed by atoms with E-state index in [0.717, 1.165) is 5.06 Å². The number of alkyl halides is 3. The molecule has 0 heterocycles. The Kier molecular flexibility index (Phi) is 5.09. The molecule has 1 aromatic rings. The summed E-state index contributed by atoms with van der Waals surface area (Å²) in [7, 11) is 2.72. The first kappa shape index (κ1) is 16.7. The van der Waals surface area contributed by atoms with Crippen molar-refractivity contribution in [1.82, 2.24) is 5.06 Å². The lowest BCUT2D eigenvalue weighted by Gasteiger charge is -2.13. The molecular formula is C13H13F3N2O3. The van der Waals surface area contributed by atoms with E-state index in [0.29, 0.717) is 6.08 Å². The minimum Gasteiger partial charge on any atom is -0.504 e. The normalized spacial score (nSPS) is 12.1. The van der Waals surface area contributed by atoms with E-state index >= 15 is 0 Å². The molecule has 0 aliphatic rings. The smallest absolute Gasteiger partial charge is 0.448 e. The van der Waals surface area contributed by atoms with Gasteiger partial charge in [0.1, 0.15) is 0 Å². The molecule has 2 N–H and O–H groups in total. The van der Waals surface area contributed by atoms with Crippen LogP contribution in [0.1, 0.15) is 15.9 Å². The van der Waals surface area contributed by atoms with Gasteiger partial charge in [0.05, 0.1) is 12.8 Å². The van der Waals surface area contributed by atoms with Gasteiger partial charge in [0.2, 0.25) is 0 Å². The number of carbonyl (C=O) groups excluding carboxylic acids is 1. The number of hydrogen-bond acceptors (Lipinski definition) is 4. The zero-order valence-corrected chi connectivity index (χ0v) is 11.2. The van der Waals surface area contributed by atoms with Crippen LogP contribution in [0.5, 0.6) is 0 Å². The molecule has 0 unspecified atom stereocenters. The maximum atomic E-state index is 12.1. The number of hydrogen-bond donors (Lipinski definition) is 2. The number of aliphatic hydroxyl groups excluding tert-OH is 1. The summed E-state index contributed by atoms with van der Waals surface area (Å²) in [6.07, 6.45) is -4.60.